The molecule has 6 rings (SSSR count). The molecule has 2 aliphatic heterocycles. The van der Waals surface area contributed by atoms with Crippen LogP contribution in [-0.2, 0) is 0 Å². The number of allylic oxidation sites excluding steroid dienone is 2. The van der Waals surface area contributed by atoms with Crippen LogP contribution in [0.5, 0.6) is 0 Å². The zero-order chi connectivity index (χ0) is 21.8. The van der Waals surface area contributed by atoms with Gasteiger partial charge in [-0.25, -0.2) is 4.79 Å². The van der Waals surface area contributed by atoms with Gasteiger partial charge in [0.15, 0.2) is 0 Å². The Balaban J connectivity index is 1.58. The summed E-state index contributed by atoms with van der Waals surface area (Å²) in [4.78, 5) is 14.6. The molecule has 0 saturated heterocycles. The van der Waals surface area contributed by atoms with Crippen LogP contribution in [0.2, 0.25) is 5.02 Å². The zero-order valence-electron chi connectivity index (χ0n) is 17.6. The quantitative estimate of drug-likeness (QED) is 0.454. The molecule has 3 nitrogen and oxygen atoms in total. The van der Waals surface area contributed by atoms with Gasteiger partial charge >= 0.3 is 5.97 Å². The van der Waals surface area contributed by atoms with Crippen molar-refractivity contribution in [1.82, 2.24) is 0 Å². The number of anilines is 1. The van der Waals surface area contributed by atoms with Crippen LogP contribution >= 0.6 is 11.6 Å². The second-order valence-electron chi connectivity index (χ2n) is 9.10. The number of carboxylic acids is 1. The molecule has 4 atom stereocenters. The van der Waals surface area contributed by atoms with Crippen LogP contribution in [0.4, 0.5) is 5.69 Å². The standard InChI is InChI=1S/C28H24ClNO2/c29-20-11-9-18(10-12-20)26-23-8-4-7-22(23)25-16-19(28(31)32)15-24-21(13-14-30(26)27(24)25)17-5-2-1-3-6-17/h1-7,9-12,15-16,21-23,26H,8,13-14H2,(H,31,32)/t21-,22+,23-,26-/m0/s1. The summed E-state index contributed by atoms with van der Waals surface area (Å²) in [5.74, 6) is -0.0250. The lowest BCUT2D eigenvalue weighted by atomic mass is 9.71. The van der Waals surface area contributed by atoms with Gasteiger partial charge in [-0.3, -0.25) is 0 Å². The zero-order valence-corrected chi connectivity index (χ0v) is 18.4. The lowest BCUT2D eigenvalue weighted by Crippen LogP contribution is -2.43. The third kappa shape index (κ3) is 2.99. The van der Waals surface area contributed by atoms with E-state index in [1.165, 1.54) is 22.4 Å². The Morgan fingerprint density at radius 2 is 1.72 bits per heavy atom. The van der Waals surface area contributed by atoms with Gasteiger partial charge in [0.05, 0.1) is 11.6 Å². The Kier molecular flexibility index (Phi) is 4.62. The summed E-state index contributed by atoms with van der Waals surface area (Å²) in [7, 11) is 0. The first-order valence-corrected chi connectivity index (χ1v) is 11.6. The Hall–Kier alpha value is -3.04. The summed E-state index contributed by atoms with van der Waals surface area (Å²) < 4.78 is 0. The summed E-state index contributed by atoms with van der Waals surface area (Å²) in [6.45, 7) is 0.947. The summed E-state index contributed by atoms with van der Waals surface area (Å²) in [6.07, 6.45) is 6.53. The highest BCUT2D eigenvalue weighted by atomic mass is 35.5. The fourth-order valence-electron chi connectivity index (χ4n) is 6.15. The van der Waals surface area contributed by atoms with Crippen LogP contribution in [0.3, 0.4) is 0 Å². The third-order valence-electron chi connectivity index (χ3n) is 7.46. The molecule has 1 N–H and O–H groups in total. The molecule has 3 aromatic carbocycles. The normalized spacial score (nSPS) is 25.3. The van der Waals surface area contributed by atoms with Crippen molar-refractivity contribution in [2.24, 2.45) is 5.92 Å². The van der Waals surface area contributed by atoms with Crippen molar-refractivity contribution in [3.8, 4) is 0 Å². The number of hydrogen-bond acceptors (Lipinski definition) is 2. The van der Waals surface area contributed by atoms with Gasteiger partial charge in [0, 0.05) is 29.1 Å². The highest BCUT2D eigenvalue weighted by molar-refractivity contribution is 6.30. The molecular weight excluding hydrogens is 418 g/mol. The Bertz CT molecular complexity index is 1220. The summed E-state index contributed by atoms with van der Waals surface area (Å²) in [5, 5.41) is 10.7. The minimum Gasteiger partial charge on any atom is -0.478 e. The minimum atomic E-state index is -0.855. The topological polar surface area (TPSA) is 40.5 Å². The molecule has 4 heteroatoms. The SMILES string of the molecule is O=C(O)c1cc2c3c(c1)[C@@H]1C=CC[C@@H]1[C@H](c1ccc(Cl)cc1)N3CC[C@H]2c1ccccc1. The highest BCUT2D eigenvalue weighted by Gasteiger charge is 2.45. The van der Waals surface area contributed by atoms with Crippen LogP contribution < -0.4 is 4.90 Å². The molecular formula is C28H24ClNO2. The van der Waals surface area contributed by atoms with Crippen molar-refractivity contribution in [2.75, 3.05) is 11.4 Å². The van der Waals surface area contributed by atoms with Crippen LogP contribution in [0.25, 0.3) is 0 Å². The van der Waals surface area contributed by atoms with E-state index in [1.54, 1.807) is 0 Å². The molecule has 0 amide bonds. The minimum absolute atomic E-state index is 0.202. The molecule has 0 bridgehead atoms. The van der Waals surface area contributed by atoms with Crippen molar-refractivity contribution in [3.63, 3.8) is 0 Å². The number of nitrogens with zero attached hydrogens (tertiary/aromatic N) is 1. The fraction of sp³-hybridized carbons (Fsp3) is 0.250. The molecule has 0 unspecified atom stereocenters. The van der Waals surface area contributed by atoms with Gasteiger partial charge in [-0.1, -0.05) is 66.2 Å². The van der Waals surface area contributed by atoms with Gasteiger partial charge < -0.3 is 10.0 Å². The van der Waals surface area contributed by atoms with E-state index in [0.29, 0.717) is 11.5 Å². The molecule has 160 valence electrons. The molecule has 32 heavy (non-hydrogen) atoms. The number of benzene rings is 3. The predicted octanol–water partition coefficient (Wildman–Crippen LogP) is 6.79. The van der Waals surface area contributed by atoms with Crippen LogP contribution in [0.15, 0.2) is 78.9 Å². The summed E-state index contributed by atoms with van der Waals surface area (Å²) in [5.41, 5.74) is 6.49. The molecule has 1 aliphatic carbocycles. The van der Waals surface area contributed by atoms with E-state index >= 15 is 0 Å². The van der Waals surface area contributed by atoms with Crippen molar-refractivity contribution < 1.29 is 9.90 Å². The maximum absolute atomic E-state index is 12.1. The molecule has 0 radical (unpaired) electrons. The van der Waals surface area contributed by atoms with E-state index in [-0.39, 0.29) is 17.9 Å². The first kappa shape index (κ1) is 19.6. The smallest absolute Gasteiger partial charge is 0.335 e. The van der Waals surface area contributed by atoms with E-state index in [0.717, 1.165) is 30.0 Å². The molecule has 0 saturated carbocycles. The number of fused-ring (bicyclic) bond motifs is 2. The first-order valence-electron chi connectivity index (χ1n) is 11.3. The van der Waals surface area contributed by atoms with Crippen molar-refractivity contribution in [2.45, 2.75) is 30.7 Å². The van der Waals surface area contributed by atoms with Gasteiger partial charge in [0.2, 0.25) is 0 Å². The Morgan fingerprint density at radius 1 is 0.969 bits per heavy atom. The molecule has 2 heterocycles. The molecule has 3 aliphatic rings. The number of aromatic carboxylic acids is 1. The summed E-state index contributed by atoms with van der Waals surface area (Å²) in [6, 6.07) is 22.9. The van der Waals surface area contributed by atoms with Gasteiger partial charge in [-0.15, -0.1) is 0 Å². The fourth-order valence-corrected chi connectivity index (χ4v) is 6.28. The Morgan fingerprint density at radius 3 is 2.47 bits per heavy atom. The van der Waals surface area contributed by atoms with E-state index in [4.69, 9.17) is 11.6 Å². The van der Waals surface area contributed by atoms with Crippen LogP contribution in [0.1, 0.15) is 63.3 Å². The third-order valence-corrected chi connectivity index (χ3v) is 7.72. The van der Waals surface area contributed by atoms with Crippen LogP contribution in [-0.4, -0.2) is 17.6 Å². The van der Waals surface area contributed by atoms with Crippen molar-refractivity contribution in [3.05, 3.63) is 112 Å². The number of carboxylic acid groups (broad SMARTS) is 1. The van der Waals surface area contributed by atoms with Gasteiger partial charge in [0.1, 0.15) is 0 Å². The average Bonchev–Trinajstić information content (AvgIpc) is 3.30. The van der Waals surface area contributed by atoms with Crippen LogP contribution in [0, 0.1) is 5.92 Å². The lowest BCUT2D eigenvalue weighted by molar-refractivity contribution is 0.0696. The number of rotatable bonds is 3. The van der Waals surface area contributed by atoms with E-state index < -0.39 is 5.97 Å². The molecule has 0 fully saturated rings. The van der Waals surface area contributed by atoms with E-state index in [2.05, 4.69) is 53.5 Å². The number of carbonyl (C=O) groups is 1. The van der Waals surface area contributed by atoms with Gasteiger partial charge in [-0.2, -0.15) is 0 Å². The van der Waals surface area contributed by atoms with E-state index in [1.807, 2.05) is 30.3 Å². The second kappa shape index (κ2) is 7.53. The maximum Gasteiger partial charge on any atom is 0.335 e. The van der Waals surface area contributed by atoms with Crippen molar-refractivity contribution in [1.29, 1.82) is 0 Å². The largest absolute Gasteiger partial charge is 0.478 e. The monoisotopic (exact) mass is 441 g/mol. The first-order chi connectivity index (χ1) is 15.6. The average molecular weight is 442 g/mol. The van der Waals surface area contributed by atoms with E-state index in [9.17, 15) is 9.90 Å². The molecule has 3 aromatic rings. The molecule has 0 spiro atoms. The highest BCUT2D eigenvalue weighted by Crippen LogP contribution is 2.57. The lowest BCUT2D eigenvalue weighted by Gasteiger charge is -2.50. The van der Waals surface area contributed by atoms with Crippen molar-refractivity contribution >= 4 is 23.3 Å². The Labute approximate surface area is 193 Å². The maximum atomic E-state index is 12.1. The second-order valence-corrected chi connectivity index (χ2v) is 9.54. The number of hydrogen-bond donors (Lipinski definition) is 1. The number of halogens is 1. The van der Waals surface area contributed by atoms with Gasteiger partial charge in [-0.05, 0) is 65.3 Å². The predicted molar refractivity (Wildman–Crippen MR) is 128 cm³/mol. The molecule has 0 aromatic heterocycles. The van der Waals surface area contributed by atoms with Gasteiger partial charge in [0.25, 0.3) is 0 Å². The summed E-state index contributed by atoms with van der Waals surface area (Å²) >= 11 is 6.20.